The van der Waals surface area contributed by atoms with Crippen LogP contribution >= 0.6 is 11.8 Å². The quantitative estimate of drug-likeness (QED) is 0.428. The van der Waals surface area contributed by atoms with Crippen LogP contribution in [0.15, 0.2) is 77.7 Å². The summed E-state index contributed by atoms with van der Waals surface area (Å²) < 4.78 is 0. The first-order chi connectivity index (χ1) is 17.7. The molecule has 0 atom stereocenters. The average molecular weight is 500 g/mol. The molecule has 36 heavy (non-hydrogen) atoms. The molecule has 0 unspecified atom stereocenters. The van der Waals surface area contributed by atoms with E-state index in [0.717, 1.165) is 35.7 Å². The number of piperidine rings is 1. The van der Waals surface area contributed by atoms with Crippen molar-refractivity contribution in [3.63, 3.8) is 0 Å². The van der Waals surface area contributed by atoms with Crippen molar-refractivity contribution >= 4 is 29.3 Å². The van der Waals surface area contributed by atoms with Crippen molar-refractivity contribution in [2.45, 2.75) is 43.7 Å². The zero-order valence-corrected chi connectivity index (χ0v) is 21.4. The number of amides is 2. The van der Waals surface area contributed by atoms with Crippen LogP contribution in [0.2, 0.25) is 0 Å². The van der Waals surface area contributed by atoms with Crippen molar-refractivity contribution in [1.29, 1.82) is 0 Å². The molecule has 0 saturated carbocycles. The summed E-state index contributed by atoms with van der Waals surface area (Å²) in [5.41, 5.74) is 5.24. The Bertz CT molecular complexity index is 1200. The zero-order chi connectivity index (χ0) is 24.7. The fourth-order valence-electron chi connectivity index (χ4n) is 5.01. The molecule has 2 aliphatic heterocycles. The van der Waals surface area contributed by atoms with Crippen LogP contribution in [0.1, 0.15) is 46.3 Å². The van der Waals surface area contributed by atoms with Crippen LogP contribution in [0.3, 0.4) is 0 Å². The monoisotopic (exact) mass is 499 g/mol. The number of thioether (sulfide) groups is 1. The lowest BCUT2D eigenvalue weighted by molar-refractivity contribution is -0.116. The van der Waals surface area contributed by atoms with Gasteiger partial charge in [-0.05, 0) is 67.2 Å². The van der Waals surface area contributed by atoms with Gasteiger partial charge in [0.1, 0.15) is 0 Å². The minimum atomic E-state index is -0.116. The molecule has 1 fully saturated rings. The summed E-state index contributed by atoms with van der Waals surface area (Å²) in [6.45, 7) is 4.57. The molecule has 0 aliphatic carbocycles. The number of hydrogen-bond donors (Lipinski definition) is 1. The van der Waals surface area contributed by atoms with Crippen molar-refractivity contribution in [2.24, 2.45) is 0 Å². The molecule has 0 radical (unpaired) electrons. The summed E-state index contributed by atoms with van der Waals surface area (Å²) in [5.74, 6) is 0.260. The largest absolute Gasteiger partial charge is 0.348 e. The second kappa shape index (κ2) is 11.8. The Morgan fingerprint density at radius 2 is 1.53 bits per heavy atom. The number of carbonyl (C=O) groups is 2. The SMILES string of the molecule is O=C(NCc1ccc(CN2CCCCC2)cc1)c1ccccc1SCC(=O)N1CCc2ccccc21. The van der Waals surface area contributed by atoms with Gasteiger partial charge in [-0.3, -0.25) is 14.5 Å². The molecule has 6 heteroatoms. The molecule has 2 aliphatic rings. The summed E-state index contributed by atoms with van der Waals surface area (Å²) >= 11 is 1.43. The Morgan fingerprint density at radius 3 is 2.36 bits per heavy atom. The molecule has 2 heterocycles. The van der Waals surface area contributed by atoms with Crippen LogP contribution < -0.4 is 10.2 Å². The van der Waals surface area contributed by atoms with E-state index in [1.165, 1.54) is 55.2 Å². The fraction of sp³-hybridized carbons (Fsp3) is 0.333. The second-order valence-electron chi connectivity index (χ2n) is 9.54. The summed E-state index contributed by atoms with van der Waals surface area (Å²) in [6, 6.07) is 24.1. The van der Waals surface area contributed by atoms with Gasteiger partial charge in [0, 0.05) is 30.2 Å². The molecule has 1 N–H and O–H groups in total. The van der Waals surface area contributed by atoms with E-state index in [4.69, 9.17) is 0 Å². The Labute approximate surface area is 217 Å². The molecule has 1 saturated heterocycles. The first kappa shape index (κ1) is 24.6. The van der Waals surface area contributed by atoms with Crippen LogP contribution in [0.4, 0.5) is 5.69 Å². The van der Waals surface area contributed by atoms with Crippen molar-refractivity contribution in [3.8, 4) is 0 Å². The van der Waals surface area contributed by atoms with Crippen molar-refractivity contribution in [2.75, 3.05) is 30.3 Å². The highest BCUT2D eigenvalue weighted by molar-refractivity contribution is 8.00. The van der Waals surface area contributed by atoms with Gasteiger partial charge < -0.3 is 10.2 Å². The number of likely N-dealkylation sites (tertiary alicyclic amines) is 1. The first-order valence-electron chi connectivity index (χ1n) is 12.9. The third kappa shape index (κ3) is 6.00. The normalized spacial score (nSPS) is 15.5. The van der Waals surface area contributed by atoms with E-state index < -0.39 is 0 Å². The minimum absolute atomic E-state index is 0.0739. The molecule has 0 spiro atoms. The van der Waals surface area contributed by atoms with E-state index in [0.29, 0.717) is 17.9 Å². The first-order valence-corrected chi connectivity index (χ1v) is 13.8. The molecule has 5 nitrogen and oxygen atoms in total. The number of para-hydroxylation sites is 1. The number of nitrogens with one attached hydrogen (secondary N) is 1. The standard InChI is InChI=1S/C30H33N3O2S/c34-29(33-19-16-25-8-2-4-10-27(25)33)22-36-28-11-5-3-9-26(28)30(35)31-20-23-12-14-24(15-13-23)21-32-17-6-1-7-18-32/h2-5,8-15H,1,6-7,16-22H2,(H,31,35). The number of benzene rings is 3. The third-order valence-corrected chi connectivity index (χ3v) is 8.06. The van der Waals surface area contributed by atoms with Crippen LogP contribution in [0.25, 0.3) is 0 Å². The van der Waals surface area contributed by atoms with Crippen molar-refractivity contribution in [3.05, 3.63) is 95.1 Å². The summed E-state index contributed by atoms with van der Waals surface area (Å²) in [5, 5.41) is 3.05. The smallest absolute Gasteiger partial charge is 0.252 e. The lowest BCUT2D eigenvalue weighted by Crippen LogP contribution is -2.30. The molecule has 0 bridgehead atoms. The van der Waals surface area contributed by atoms with Gasteiger partial charge in [0.2, 0.25) is 5.91 Å². The van der Waals surface area contributed by atoms with Crippen LogP contribution in [-0.4, -0.2) is 42.1 Å². The maximum Gasteiger partial charge on any atom is 0.252 e. The van der Waals surface area contributed by atoms with Gasteiger partial charge in [0.25, 0.3) is 5.91 Å². The van der Waals surface area contributed by atoms with Gasteiger partial charge in [0.05, 0.1) is 11.3 Å². The minimum Gasteiger partial charge on any atom is -0.348 e. The maximum atomic E-state index is 13.0. The van der Waals surface area contributed by atoms with E-state index in [9.17, 15) is 9.59 Å². The van der Waals surface area contributed by atoms with Crippen molar-refractivity contribution < 1.29 is 9.59 Å². The third-order valence-electron chi connectivity index (χ3n) is 7.00. The molecule has 2 amide bonds. The van der Waals surface area contributed by atoms with Crippen LogP contribution in [0.5, 0.6) is 0 Å². The highest BCUT2D eigenvalue weighted by Crippen LogP contribution is 2.29. The molecule has 3 aromatic carbocycles. The summed E-state index contributed by atoms with van der Waals surface area (Å²) in [7, 11) is 0. The zero-order valence-electron chi connectivity index (χ0n) is 20.6. The number of fused-ring (bicyclic) bond motifs is 1. The van der Waals surface area contributed by atoms with Gasteiger partial charge in [0.15, 0.2) is 0 Å². The van der Waals surface area contributed by atoms with E-state index in [-0.39, 0.29) is 11.8 Å². The molecule has 5 rings (SSSR count). The van der Waals surface area contributed by atoms with Crippen LogP contribution in [-0.2, 0) is 24.3 Å². The number of carbonyl (C=O) groups excluding carboxylic acids is 2. The van der Waals surface area contributed by atoms with Crippen molar-refractivity contribution in [1.82, 2.24) is 10.2 Å². The predicted octanol–water partition coefficient (Wildman–Crippen LogP) is 5.28. The lowest BCUT2D eigenvalue weighted by Gasteiger charge is -2.26. The highest BCUT2D eigenvalue weighted by atomic mass is 32.2. The predicted molar refractivity (Wildman–Crippen MR) is 146 cm³/mol. The second-order valence-corrected chi connectivity index (χ2v) is 10.6. The summed E-state index contributed by atoms with van der Waals surface area (Å²) in [6.07, 6.45) is 4.83. The van der Waals surface area contributed by atoms with E-state index >= 15 is 0 Å². The van der Waals surface area contributed by atoms with Gasteiger partial charge in [-0.2, -0.15) is 0 Å². The number of rotatable bonds is 8. The lowest BCUT2D eigenvalue weighted by atomic mass is 10.1. The fourth-order valence-corrected chi connectivity index (χ4v) is 5.94. The number of anilines is 1. The topological polar surface area (TPSA) is 52.7 Å². The van der Waals surface area contributed by atoms with Crippen LogP contribution in [0, 0.1) is 0 Å². The Hall–Kier alpha value is -3.09. The van der Waals surface area contributed by atoms with Gasteiger partial charge >= 0.3 is 0 Å². The molecule has 186 valence electrons. The van der Waals surface area contributed by atoms with E-state index in [1.54, 1.807) is 0 Å². The maximum absolute atomic E-state index is 13.0. The van der Waals surface area contributed by atoms with E-state index in [1.807, 2.05) is 47.4 Å². The molecular formula is C30H33N3O2S. The Kier molecular flexibility index (Phi) is 8.04. The van der Waals surface area contributed by atoms with Gasteiger partial charge in [-0.25, -0.2) is 0 Å². The number of hydrogen-bond acceptors (Lipinski definition) is 4. The molecule has 3 aromatic rings. The number of nitrogens with zero attached hydrogens (tertiary/aromatic N) is 2. The highest BCUT2D eigenvalue weighted by Gasteiger charge is 2.24. The molecular weight excluding hydrogens is 466 g/mol. The summed E-state index contributed by atoms with van der Waals surface area (Å²) in [4.78, 5) is 31.1. The average Bonchev–Trinajstić information content (AvgIpc) is 3.36. The Morgan fingerprint density at radius 1 is 0.806 bits per heavy atom. The van der Waals surface area contributed by atoms with Gasteiger partial charge in [-0.1, -0.05) is 61.0 Å². The van der Waals surface area contributed by atoms with E-state index in [2.05, 4.69) is 40.5 Å². The Balaban J connectivity index is 1.15. The molecule has 0 aromatic heterocycles. The van der Waals surface area contributed by atoms with Gasteiger partial charge in [-0.15, -0.1) is 11.8 Å².